The van der Waals surface area contributed by atoms with Crippen LogP contribution in [0.25, 0.3) is 145 Å². The zero-order valence-electron chi connectivity index (χ0n) is 74.2. The van der Waals surface area contributed by atoms with Gasteiger partial charge in [-0.15, -0.1) is 0 Å². The highest BCUT2D eigenvalue weighted by Gasteiger charge is 2.20. The molecule has 0 spiro atoms. The third kappa shape index (κ3) is 22.6. The van der Waals surface area contributed by atoms with Crippen molar-refractivity contribution in [2.24, 2.45) is 0 Å². The molecule has 30 heteroatoms. The Labute approximate surface area is 786 Å². The lowest BCUT2D eigenvalue weighted by atomic mass is 9.98. The average Bonchev–Trinajstić information content (AvgIpc) is 1.38. The first-order valence-electron chi connectivity index (χ1n) is 42.1. The van der Waals surface area contributed by atoms with Crippen molar-refractivity contribution < 1.29 is 23.4 Å². The molecule has 0 atom stereocenters. The Morgan fingerprint density at radius 3 is 1.07 bits per heavy atom. The number of phenolic OH excluding ortho intramolecular Hbond substituents is 1. The van der Waals surface area contributed by atoms with E-state index in [1.807, 2.05) is 140 Å². The number of ether oxygens (including phenoxy) is 2. The number of fused-ring (bicyclic) bond motifs is 1. The number of aromatic amines is 1. The summed E-state index contributed by atoms with van der Waals surface area (Å²) < 4.78 is 38.2. The van der Waals surface area contributed by atoms with Crippen LogP contribution in [0.15, 0.2) is 323 Å². The topological polar surface area (TPSA) is 495 Å². The van der Waals surface area contributed by atoms with Crippen molar-refractivity contribution in [2.75, 3.05) is 42.9 Å². The van der Waals surface area contributed by atoms with E-state index in [1.165, 1.54) is 24.8 Å². The summed E-state index contributed by atoms with van der Waals surface area (Å²) in [5, 5.41) is 62.1. The quantitative estimate of drug-likeness (QED) is 0.0335. The molecule has 28 nitrogen and oxygen atoms in total. The zero-order chi connectivity index (χ0) is 96.4. The number of methoxy groups -OCH3 is 2. The second-order valence-corrected chi connectivity index (χ2v) is 30.3. The molecular weight excluding hydrogens is 1720 g/mol. The number of hydrogen-bond acceptors (Lipinski definition) is 27. The van der Waals surface area contributed by atoms with Gasteiger partial charge in [-0.05, 0) is 159 Å². The highest BCUT2D eigenvalue weighted by molar-refractivity contribution is 5.94. The van der Waals surface area contributed by atoms with E-state index in [1.54, 1.807) is 173 Å². The van der Waals surface area contributed by atoms with Crippen molar-refractivity contribution in [3.63, 3.8) is 0 Å². The number of anilines is 5. The van der Waals surface area contributed by atoms with Crippen LogP contribution in [0, 0.1) is 63.9 Å². The number of nitrogen functional groups attached to an aromatic ring is 5. The maximum atomic E-state index is 14.2. The predicted octanol–water partition coefficient (Wildman–Crippen LogP) is 21.1. The van der Waals surface area contributed by atoms with Crippen LogP contribution in [0.4, 0.5) is 37.2 Å². The molecular formula is C107H87F2N25O3. The molecule has 0 aliphatic heterocycles. The van der Waals surface area contributed by atoms with Gasteiger partial charge in [0.1, 0.15) is 51.3 Å². The van der Waals surface area contributed by atoms with Crippen LogP contribution >= 0.6 is 0 Å². The first kappa shape index (κ1) is 93.8. The molecule has 0 saturated carbocycles. The fourth-order valence-corrected chi connectivity index (χ4v) is 14.6. The Hall–Kier alpha value is -19.3. The lowest BCUT2D eigenvalue weighted by Gasteiger charge is -2.11. The molecule has 19 rings (SSSR count). The largest absolute Gasteiger partial charge is 0.508 e. The van der Waals surface area contributed by atoms with E-state index < -0.39 is 5.82 Å². The summed E-state index contributed by atoms with van der Waals surface area (Å²) in [6.45, 7) is 3.97. The van der Waals surface area contributed by atoms with Crippen molar-refractivity contribution in [3.8, 4) is 158 Å². The SMILES string of the molecule is COc1cc(-c2ncccc2-c2cnc(C=N)c(N)c2)ccc1F.COc1cccc(-c2ncccc2-c2cnc(C=N)c(N)c2)c1.Cc1ccc(F)c(-c2ncccc2-c2cnc(C=N)c(N)c2)c1.Cc1cccc(-c2ncccc2-c2cnc(C=N)c(N)c2)c1.N#Cc1cccc(-c2ncccc2-c2cnc(C=N)c(N)c2)c1.Oc1cccc(-c2ncccc2-c2cnc3cn[nH]c3c2)c1. The highest BCUT2D eigenvalue weighted by atomic mass is 19.1. The minimum atomic E-state index is -0.431. The Morgan fingerprint density at radius 2 is 0.672 bits per heavy atom. The number of H-pyrrole nitrogens is 1. The van der Waals surface area contributed by atoms with Gasteiger partial charge in [-0.3, -0.25) is 64.9 Å². The summed E-state index contributed by atoms with van der Waals surface area (Å²) in [4.78, 5) is 52.1. The van der Waals surface area contributed by atoms with Crippen molar-refractivity contribution in [3.05, 3.63) is 380 Å². The Morgan fingerprint density at radius 1 is 0.321 bits per heavy atom. The third-order valence-corrected chi connectivity index (χ3v) is 21.3. The van der Waals surface area contributed by atoms with Gasteiger partial charge in [0.05, 0.1) is 100 Å². The van der Waals surface area contributed by atoms with Gasteiger partial charge in [0, 0.05) is 206 Å². The predicted molar refractivity (Wildman–Crippen MR) is 537 cm³/mol. The molecule has 0 saturated heterocycles. The van der Waals surface area contributed by atoms with E-state index in [0.717, 1.165) is 171 Å². The van der Waals surface area contributed by atoms with Crippen LogP contribution in [-0.2, 0) is 0 Å². The molecule has 13 heterocycles. The maximum Gasteiger partial charge on any atom is 0.165 e. The minimum Gasteiger partial charge on any atom is -0.508 e. The Bertz CT molecular complexity index is 7720. The van der Waals surface area contributed by atoms with E-state index in [0.29, 0.717) is 79.4 Å². The smallest absolute Gasteiger partial charge is 0.165 e. The molecule has 0 unspecified atom stereocenters. The lowest BCUT2D eigenvalue weighted by Crippen LogP contribution is -1.98. The van der Waals surface area contributed by atoms with Crippen LogP contribution in [0.1, 0.15) is 45.2 Å². The zero-order valence-corrected chi connectivity index (χ0v) is 74.2. The van der Waals surface area contributed by atoms with Crippen LogP contribution in [-0.4, -0.2) is 120 Å². The molecule has 672 valence electrons. The van der Waals surface area contributed by atoms with Gasteiger partial charge in [-0.2, -0.15) is 10.4 Å². The average molecular weight is 1810 g/mol. The fraction of sp³-hybridized carbons (Fsp3) is 0.0374. The summed E-state index contributed by atoms with van der Waals surface area (Å²) in [5.41, 5.74) is 58.2. The molecule has 0 aliphatic rings. The van der Waals surface area contributed by atoms with Crippen LogP contribution in [0.3, 0.4) is 0 Å². The lowest BCUT2D eigenvalue weighted by molar-refractivity contribution is 0.387. The number of aromatic hydroxyl groups is 1. The van der Waals surface area contributed by atoms with E-state index in [2.05, 4.69) is 95.1 Å². The number of halogens is 2. The molecule has 17 N–H and O–H groups in total. The third-order valence-electron chi connectivity index (χ3n) is 21.3. The summed E-state index contributed by atoms with van der Waals surface area (Å²) >= 11 is 0. The van der Waals surface area contributed by atoms with Gasteiger partial charge < -0.3 is 70.3 Å². The van der Waals surface area contributed by atoms with Crippen molar-refractivity contribution in [1.29, 1.82) is 32.3 Å². The second kappa shape index (κ2) is 44.3. The van der Waals surface area contributed by atoms with Gasteiger partial charge in [-0.1, -0.05) is 108 Å². The number of rotatable bonds is 19. The molecule has 0 fully saturated rings. The molecule has 0 radical (unpaired) electrons. The van der Waals surface area contributed by atoms with Gasteiger partial charge >= 0.3 is 0 Å². The van der Waals surface area contributed by atoms with Gasteiger partial charge in [0.2, 0.25) is 0 Å². The summed E-state index contributed by atoms with van der Waals surface area (Å²) in [6.07, 6.45) is 27.8. The molecule has 137 heavy (non-hydrogen) atoms. The first-order chi connectivity index (χ1) is 66.7. The van der Waals surface area contributed by atoms with E-state index in [4.69, 9.17) is 70.5 Å². The number of nitrogens with zero attached hydrogens (tertiary/aromatic N) is 14. The number of nitrogens with two attached hydrogens (primary N) is 5. The number of phenols is 1. The summed E-state index contributed by atoms with van der Waals surface area (Å²) in [6, 6.07) is 75.6. The van der Waals surface area contributed by atoms with E-state index in [-0.39, 0.29) is 17.3 Å². The van der Waals surface area contributed by atoms with E-state index >= 15 is 0 Å². The van der Waals surface area contributed by atoms with Crippen LogP contribution in [0.2, 0.25) is 0 Å². The van der Waals surface area contributed by atoms with Gasteiger partial charge in [0.15, 0.2) is 11.6 Å². The Kier molecular flexibility index (Phi) is 30.4. The van der Waals surface area contributed by atoms with Crippen molar-refractivity contribution >= 4 is 70.5 Å². The standard InChI is InChI=1S/C18H15FN4O.C18H15FN4.C18H13N5.C18H16N4O.C18H16N4.C17H12N4O/c1-24-17-8-11(4-5-14(17)19)18-13(3-2-6-22-18)12-7-15(21)16(9-20)23-10-12;1-11-4-5-15(19)14(7-11)18-13(3-2-6-22-18)12-8-16(21)17(9-20)23-10-12;19-9-12-3-1-4-13(7-12)18-15(5-2-6-22-18)14-8-16(21)17(10-20)23-11-14;1-23-14-5-2-4-12(8-14)18-15(6-3-7-21-18)13-9-16(20)17(10-19)22-11-13;1-12-4-2-5-13(8-12)18-15(6-3-7-21-18)14-9-16(20)17(10-19)22-11-14;22-13-4-1-3-11(7-13)17-14(5-2-6-18-17)12-8-15-16(19-9-12)10-20-21-15/h2-10,20H,21H2,1H3;2-10,20H,21H2,1H3;1-8,10-11,20H,21H2;2-11,19H,20H2,1H3;2-11,19H,20H2,1H3;1-10,22H,(H,20,21). The molecule has 0 aliphatic carbocycles. The fourth-order valence-electron chi connectivity index (χ4n) is 14.6. The van der Waals surface area contributed by atoms with Crippen LogP contribution < -0.4 is 38.1 Å². The monoisotopic (exact) mass is 1810 g/mol. The van der Waals surface area contributed by atoms with Crippen molar-refractivity contribution in [2.45, 2.75) is 13.8 Å². The number of aromatic nitrogens is 14. The van der Waals surface area contributed by atoms with Gasteiger partial charge in [0.25, 0.3) is 0 Å². The molecule has 13 aromatic heterocycles. The number of hydrogen-bond donors (Lipinski definition) is 12. The highest BCUT2D eigenvalue weighted by Crippen LogP contribution is 2.40. The molecule has 0 amide bonds. The molecule has 6 aromatic carbocycles. The van der Waals surface area contributed by atoms with Crippen molar-refractivity contribution in [1.82, 2.24) is 70.0 Å². The maximum absolute atomic E-state index is 14.2. The first-order valence-corrected chi connectivity index (χ1v) is 42.1. The number of aryl methyl sites for hydroxylation is 2. The number of nitriles is 1. The Balaban J connectivity index is 0.000000131. The number of benzene rings is 6. The van der Waals surface area contributed by atoms with Crippen LogP contribution in [0.5, 0.6) is 17.2 Å². The number of nitrogens with one attached hydrogen (secondary N) is 6. The number of pyridine rings is 12. The minimum absolute atomic E-state index is 0.154. The molecule has 0 bridgehead atoms. The normalized spacial score (nSPS) is 10.4. The second-order valence-electron chi connectivity index (χ2n) is 30.3. The molecule has 19 aromatic rings. The summed E-state index contributed by atoms with van der Waals surface area (Å²) in [7, 11) is 3.06. The van der Waals surface area contributed by atoms with E-state index in [9.17, 15) is 13.9 Å². The van der Waals surface area contributed by atoms with Gasteiger partial charge in [-0.25, -0.2) is 8.78 Å². The summed E-state index contributed by atoms with van der Waals surface area (Å²) in [5.74, 6) is 0.389.